The molecule has 0 aliphatic carbocycles. The van der Waals surface area contributed by atoms with Crippen LogP contribution >= 0.6 is 0 Å². The van der Waals surface area contributed by atoms with Crippen LogP contribution in [0.5, 0.6) is 0 Å². The van der Waals surface area contributed by atoms with Crippen LogP contribution in [-0.4, -0.2) is 30.0 Å². The van der Waals surface area contributed by atoms with Crippen LogP contribution in [0.25, 0.3) is 0 Å². The maximum absolute atomic E-state index is 4.03. The molecule has 0 aromatic heterocycles. The fourth-order valence-electron chi connectivity index (χ4n) is 1.68. The summed E-state index contributed by atoms with van der Waals surface area (Å²) in [4.78, 5) is 2.57. The van der Waals surface area contributed by atoms with Crippen LogP contribution in [0.1, 0.15) is 52.9 Å². The molecule has 0 bridgehead atoms. The van der Waals surface area contributed by atoms with Crippen LogP contribution in [0, 0.1) is 0 Å². The van der Waals surface area contributed by atoms with Crippen molar-refractivity contribution in [3.05, 3.63) is 12.2 Å². The van der Waals surface area contributed by atoms with Crippen molar-refractivity contribution in [3.8, 4) is 0 Å². The Kier molecular flexibility index (Phi) is 13.4. The van der Waals surface area contributed by atoms with Crippen molar-refractivity contribution in [3.63, 3.8) is 0 Å². The van der Waals surface area contributed by atoms with Crippen molar-refractivity contribution in [2.45, 2.75) is 52.9 Å². The normalized spacial score (nSPS) is 15.9. The molecule has 1 rings (SSSR count). The number of nitrogens with zero attached hydrogens (tertiary/aromatic N) is 1. The van der Waals surface area contributed by atoms with Crippen LogP contribution < -0.4 is 0 Å². The first kappa shape index (κ1) is 17.1. The second kappa shape index (κ2) is 11.7. The Balaban J connectivity index is 0. The monoisotopic (exact) mass is 215 g/mol. The maximum Gasteiger partial charge on any atom is 0.00185 e. The van der Waals surface area contributed by atoms with Gasteiger partial charge >= 0.3 is 0 Å². The van der Waals surface area contributed by atoms with Gasteiger partial charge < -0.3 is 10.4 Å². The Labute approximate surface area is 95.7 Å². The number of rotatable bonds is 4. The molecule has 0 aromatic carbocycles. The minimum absolute atomic E-state index is 0. The van der Waals surface area contributed by atoms with E-state index in [0.717, 1.165) is 6.42 Å². The van der Waals surface area contributed by atoms with E-state index < -0.39 is 0 Å². The first-order chi connectivity index (χ1) is 6.83. The summed E-state index contributed by atoms with van der Waals surface area (Å²) in [5.74, 6) is 0. The van der Waals surface area contributed by atoms with Crippen molar-refractivity contribution in [1.82, 2.24) is 4.90 Å². The van der Waals surface area contributed by atoms with E-state index in [-0.39, 0.29) is 5.48 Å². The van der Waals surface area contributed by atoms with E-state index in [2.05, 4.69) is 18.4 Å². The number of likely N-dealkylation sites (tertiary alicyclic amines) is 1. The van der Waals surface area contributed by atoms with Crippen molar-refractivity contribution in [2.24, 2.45) is 0 Å². The smallest absolute Gasteiger partial charge is 0.00185 e. The topological polar surface area (TPSA) is 34.7 Å². The molecule has 0 spiro atoms. The van der Waals surface area contributed by atoms with E-state index in [1.807, 2.05) is 13.8 Å². The number of piperidine rings is 1. The zero-order valence-corrected chi connectivity index (χ0v) is 10.8. The van der Waals surface area contributed by atoms with Crippen LogP contribution in [-0.2, 0) is 0 Å². The van der Waals surface area contributed by atoms with Gasteiger partial charge in [-0.2, -0.15) is 0 Å². The Morgan fingerprint density at radius 2 is 1.67 bits per heavy atom. The lowest BCUT2D eigenvalue weighted by Gasteiger charge is -2.26. The zero-order chi connectivity index (χ0) is 10.8. The molecule has 1 aliphatic rings. The zero-order valence-electron chi connectivity index (χ0n) is 10.8. The molecule has 2 heteroatoms. The van der Waals surface area contributed by atoms with Gasteiger partial charge in [-0.05, 0) is 38.8 Å². The van der Waals surface area contributed by atoms with Gasteiger partial charge in [0, 0.05) is 6.54 Å². The molecule has 1 fully saturated rings. The van der Waals surface area contributed by atoms with Gasteiger partial charge in [0.05, 0.1) is 0 Å². The lowest BCUT2D eigenvalue weighted by Crippen LogP contribution is -2.30. The highest BCUT2D eigenvalue weighted by atomic mass is 16.0. The van der Waals surface area contributed by atoms with E-state index >= 15 is 0 Å². The first-order valence-electron chi connectivity index (χ1n) is 6.22. The van der Waals surface area contributed by atoms with E-state index in [4.69, 9.17) is 0 Å². The van der Waals surface area contributed by atoms with Crippen molar-refractivity contribution in [2.75, 3.05) is 19.6 Å². The Hall–Kier alpha value is -0.340. The van der Waals surface area contributed by atoms with E-state index in [1.54, 1.807) is 0 Å². The molecule has 0 atom stereocenters. The van der Waals surface area contributed by atoms with E-state index in [1.165, 1.54) is 50.9 Å². The minimum Gasteiger partial charge on any atom is -0.412 e. The van der Waals surface area contributed by atoms with Crippen LogP contribution in [0.3, 0.4) is 0 Å². The van der Waals surface area contributed by atoms with Gasteiger partial charge in [-0.3, -0.25) is 0 Å². The molecule has 0 aromatic rings. The summed E-state index contributed by atoms with van der Waals surface area (Å²) in [5, 5.41) is 0. The van der Waals surface area contributed by atoms with E-state index in [9.17, 15) is 0 Å². The fourth-order valence-corrected chi connectivity index (χ4v) is 1.68. The molecule has 2 N–H and O–H groups in total. The Bertz CT molecular complexity index is 139. The summed E-state index contributed by atoms with van der Waals surface area (Å²) in [6.45, 7) is 14.1. The Morgan fingerprint density at radius 1 is 1.13 bits per heavy atom. The van der Waals surface area contributed by atoms with Gasteiger partial charge in [-0.1, -0.05) is 39.3 Å². The predicted molar refractivity (Wildman–Crippen MR) is 69.3 cm³/mol. The molecule has 1 saturated heterocycles. The summed E-state index contributed by atoms with van der Waals surface area (Å²) in [7, 11) is 0. The third-order valence-corrected chi connectivity index (χ3v) is 2.73. The highest BCUT2D eigenvalue weighted by molar-refractivity contribution is 4.93. The molecule has 0 unspecified atom stereocenters. The average molecular weight is 215 g/mol. The second-order valence-corrected chi connectivity index (χ2v) is 3.76. The van der Waals surface area contributed by atoms with Gasteiger partial charge in [0.25, 0.3) is 0 Å². The lowest BCUT2D eigenvalue weighted by atomic mass is 10.1. The van der Waals surface area contributed by atoms with Crippen LogP contribution in [0.2, 0.25) is 0 Å². The SMILES string of the molecule is C=C(CC)CCN1CCCCC1.CC.O. The summed E-state index contributed by atoms with van der Waals surface area (Å²) >= 11 is 0. The fraction of sp³-hybridized carbons (Fsp3) is 0.846. The maximum atomic E-state index is 4.03. The molecular weight excluding hydrogens is 186 g/mol. The summed E-state index contributed by atoms with van der Waals surface area (Å²) in [6, 6.07) is 0. The number of hydrogen-bond donors (Lipinski definition) is 0. The molecule has 92 valence electrons. The summed E-state index contributed by atoms with van der Waals surface area (Å²) in [6.07, 6.45) is 6.59. The second-order valence-electron chi connectivity index (χ2n) is 3.76. The van der Waals surface area contributed by atoms with Gasteiger partial charge in [-0.15, -0.1) is 0 Å². The molecule has 0 saturated carbocycles. The number of hydrogen-bond acceptors (Lipinski definition) is 1. The molecule has 0 amide bonds. The summed E-state index contributed by atoms with van der Waals surface area (Å²) < 4.78 is 0. The largest absolute Gasteiger partial charge is 0.412 e. The standard InChI is InChI=1S/C11H21N.C2H6.H2O/c1-3-11(2)7-10-12-8-5-4-6-9-12;1-2;/h2-10H2,1H3;1-2H3;1H2. The highest BCUT2D eigenvalue weighted by Gasteiger charge is 2.08. The summed E-state index contributed by atoms with van der Waals surface area (Å²) in [5.41, 5.74) is 1.40. The predicted octanol–water partition coefficient (Wildman–Crippen LogP) is 3.03. The lowest BCUT2D eigenvalue weighted by molar-refractivity contribution is 0.231. The van der Waals surface area contributed by atoms with Gasteiger partial charge in [0.1, 0.15) is 0 Å². The highest BCUT2D eigenvalue weighted by Crippen LogP contribution is 2.11. The Morgan fingerprint density at radius 3 is 2.13 bits per heavy atom. The molecule has 2 nitrogen and oxygen atoms in total. The van der Waals surface area contributed by atoms with Gasteiger partial charge in [-0.25, -0.2) is 0 Å². The van der Waals surface area contributed by atoms with E-state index in [0.29, 0.717) is 0 Å². The molecule has 1 aliphatic heterocycles. The van der Waals surface area contributed by atoms with Gasteiger partial charge in [0.15, 0.2) is 0 Å². The minimum atomic E-state index is 0. The third kappa shape index (κ3) is 8.64. The van der Waals surface area contributed by atoms with Crippen molar-refractivity contribution >= 4 is 0 Å². The van der Waals surface area contributed by atoms with Crippen molar-refractivity contribution in [1.29, 1.82) is 0 Å². The molecule has 15 heavy (non-hydrogen) atoms. The van der Waals surface area contributed by atoms with Crippen LogP contribution in [0.4, 0.5) is 0 Å². The molecule has 1 heterocycles. The van der Waals surface area contributed by atoms with Crippen molar-refractivity contribution < 1.29 is 5.48 Å². The average Bonchev–Trinajstić information content (AvgIpc) is 2.30. The first-order valence-corrected chi connectivity index (χ1v) is 6.22. The quantitative estimate of drug-likeness (QED) is 0.664. The third-order valence-electron chi connectivity index (χ3n) is 2.73. The van der Waals surface area contributed by atoms with Gasteiger partial charge in [0.2, 0.25) is 0 Å². The molecular formula is C13H29NO. The van der Waals surface area contributed by atoms with Crippen LogP contribution in [0.15, 0.2) is 12.2 Å². The molecule has 0 radical (unpaired) electrons.